The lowest BCUT2D eigenvalue weighted by atomic mass is 10.0. The fourth-order valence-corrected chi connectivity index (χ4v) is 2.68. The molecule has 0 bridgehead atoms. The topological polar surface area (TPSA) is 98.1 Å². The number of hydrogen-bond acceptors (Lipinski definition) is 5. The Morgan fingerprint density at radius 2 is 1.97 bits per heavy atom. The molecule has 2 aromatic heterocycles. The molecule has 3 aromatic rings. The molecule has 0 atom stereocenters. The monoisotopic (exact) mass is 401 g/mol. The summed E-state index contributed by atoms with van der Waals surface area (Å²) in [6.45, 7) is -0.319. The van der Waals surface area contributed by atoms with E-state index in [1.165, 1.54) is 42.4 Å². The third kappa shape index (κ3) is 4.37. The van der Waals surface area contributed by atoms with Gasteiger partial charge in [-0.2, -0.15) is 5.10 Å². The Morgan fingerprint density at radius 1 is 1.17 bits per heavy atom. The average molecular weight is 401 g/mol. The van der Waals surface area contributed by atoms with Gasteiger partial charge in [0, 0.05) is 24.5 Å². The molecule has 10 heteroatoms. The van der Waals surface area contributed by atoms with E-state index in [1.54, 1.807) is 7.05 Å². The molecule has 0 aliphatic heterocycles. The number of nitrogens with one attached hydrogen (secondary N) is 2. The van der Waals surface area contributed by atoms with Crippen LogP contribution in [-0.2, 0) is 11.8 Å². The van der Waals surface area contributed by atoms with Gasteiger partial charge >= 0.3 is 0 Å². The van der Waals surface area contributed by atoms with Gasteiger partial charge < -0.3 is 15.4 Å². The number of carbonyl (C=O) groups excluding carboxylic acids is 2. The SMILES string of the molecule is COc1cncc(F)c1-c1ccc(NC(=O)CNC(=O)c2ccnn2C)cc1F. The molecular formula is C19H17F2N5O3. The molecule has 0 radical (unpaired) electrons. The molecule has 2 heterocycles. The number of carbonyl (C=O) groups is 2. The van der Waals surface area contributed by atoms with Crippen molar-refractivity contribution in [3.63, 3.8) is 0 Å². The van der Waals surface area contributed by atoms with Gasteiger partial charge in [0.1, 0.15) is 17.3 Å². The maximum Gasteiger partial charge on any atom is 0.269 e. The number of ether oxygens (including phenoxy) is 1. The van der Waals surface area contributed by atoms with Crippen LogP contribution in [0, 0.1) is 11.6 Å². The number of aryl methyl sites for hydroxylation is 1. The van der Waals surface area contributed by atoms with Crippen LogP contribution < -0.4 is 15.4 Å². The summed E-state index contributed by atoms with van der Waals surface area (Å²) < 4.78 is 35.1. The van der Waals surface area contributed by atoms with Crippen LogP contribution in [0.15, 0.2) is 42.9 Å². The minimum absolute atomic E-state index is 0.0377. The van der Waals surface area contributed by atoms with E-state index in [-0.39, 0.29) is 29.1 Å². The molecule has 0 unspecified atom stereocenters. The van der Waals surface area contributed by atoms with Gasteiger partial charge in [-0.05, 0) is 24.3 Å². The summed E-state index contributed by atoms with van der Waals surface area (Å²) in [5, 5.41) is 8.78. The molecule has 29 heavy (non-hydrogen) atoms. The minimum atomic E-state index is -0.759. The molecular weight excluding hydrogens is 384 g/mol. The van der Waals surface area contributed by atoms with Crippen LogP contribution in [0.25, 0.3) is 11.1 Å². The van der Waals surface area contributed by atoms with Crippen molar-refractivity contribution in [3.8, 4) is 16.9 Å². The second kappa shape index (κ2) is 8.46. The first-order chi connectivity index (χ1) is 13.9. The Hall–Kier alpha value is -3.82. The Labute approximate surface area is 164 Å². The van der Waals surface area contributed by atoms with Crippen molar-refractivity contribution < 1.29 is 23.1 Å². The van der Waals surface area contributed by atoms with E-state index in [2.05, 4.69) is 20.7 Å². The summed E-state index contributed by atoms with van der Waals surface area (Å²) in [6, 6.07) is 5.29. The average Bonchev–Trinajstić information content (AvgIpc) is 3.12. The Balaban J connectivity index is 1.69. The molecule has 8 nitrogen and oxygen atoms in total. The maximum atomic E-state index is 14.6. The van der Waals surface area contributed by atoms with Crippen molar-refractivity contribution in [2.75, 3.05) is 19.0 Å². The lowest BCUT2D eigenvalue weighted by Crippen LogP contribution is -2.33. The normalized spacial score (nSPS) is 10.5. The van der Waals surface area contributed by atoms with Gasteiger partial charge in [-0.25, -0.2) is 8.78 Å². The van der Waals surface area contributed by atoms with Crippen molar-refractivity contribution in [3.05, 3.63) is 60.2 Å². The van der Waals surface area contributed by atoms with E-state index < -0.39 is 23.4 Å². The van der Waals surface area contributed by atoms with E-state index in [0.717, 1.165) is 12.3 Å². The maximum absolute atomic E-state index is 14.6. The number of benzene rings is 1. The summed E-state index contributed by atoms with van der Waals surface area (Å²) in [4.78, 5) is 27.7. The summed E-state index contributed by atoms with van der Waals surface area (Å²) in [7, 11) is 2.92. The van der Waals surface area contributed by atoms with Gasteiger partial charge in [0.25, 0.3) is 5.91 Å². The van der Waals surface area contributed by atoms with Gasteiger partial charge in [0.05, 0.1) is 31.6 Å². The summed E-state index contributed by atoms with van der Waals surface area (Å²) in [5.41, 5.74) is 0.339. The number of halogens is 2. The number of rotatable bonds is 6. The first kappa shape index (κ1) is 19.9. The zero-order valence-electron chi connectivity index (χ0n) is 15.6. The van der Waals surface area contributed by atoms with E-state index >= 15 is 0 Å². The smallest absolute Gasteiger partial charge is 0.269 e. The molecule has 0 aliphatic carbocycles. The molecule has 2 N–H and O–H groups in total. The molecule has 0 fully saturated rings. The third-order valence-electron chi connectivity index (χ3n) is 4.07. The number of amides is 2. The number of methoxy groups -OCH3 is 1. The lowest BCUT2D eigenvalue weighted by molar-refractivity contribution is -0.115. The zero-order valence-corrected chi connectivity index (χ0v) is 15.6. The molecule has 0 spiro atoms. The molecule has 0 saturated heterocycles. The van der Waals surface area contributed by atoms with E-state index in [0.29, 0.717) is 5.69 Å². The van der Waals surface area contributed by atoms with E-state index in [9.17, 15) is 18.4 Å². The summed E-state index contributed by atoms with van der Waals surface area (Å²) in [6.07, 6.45) is 3.69. The summed E-state index contributed by atoms with van der Waals surface area (Å²) >= 11 is 0. The number of nitrogens with zero attached hydrogens (tertiary/aromatic N) is 3. The molecule has 2 amide bonds. The standard InChI is InChI=1S/C19H17F2N5O3/c1-26-15(5-6-24-26)19(28)23-10-17(27)25-11-3-4-12(13(20)7-11)18-14(21)8-22-9-16(18)29-2/h3-9H,10H2,1-2H3,(H,23,28)(H,25,27). The lowest BCUT2D eigenvalue weighted by Gasteiger charge is -2.12. The fraction of sp³-hybridized carbons (Fsp3) is 0.158. The largest absolute Gasteiger partial charge is 0.494 e. The van der Waals surface area contributed by atoms with Crippen molar-refractivity contribution in [2.45, 2.75) is 0 Å². The van der Waals surface area contributed by atoms with Crippen molar-refractivity contribution >= 4 is 17.5 Å². The van der Waals surface area contributed by atoms with Gasteiger partial charge in [-0.1, -0.05) is 0 Å². The summed E-state index contributed by atoms with van der Waals surface area (Å²) in [5.74, 6) is -2.44. The highest BCUT2D eigenvalue weighted by atomic mass is 19.1. The fourth-order valence-electron chi connectivity index (χ4n) is 2.68. The highest BCUT2D eigenvalue weighted by molar-refractivity contribution is 5.98. The Bertz CT molecular complexity index is 1070. The minimum Gasteiger partial charge on any atom is -0.494 e. The molecule has 3 rings (SSSR count). The zero-order chi connectivity index (χ0) is 21.0. The van der Waals surface area contributed by atoms with Gasteiger partial charge in [0.15, 0.2) is 5.82 Å². The highest BCUT2D eigenvalue weighted by Crippen LogP contribution is 2.34. The van der Waals surface area contributed by atoms with Crippen LogP contribution in [0.5, 0.6) is 5.75 Å². The second-order valence-electron chi connectivity index (χ2n) is 5.96. The van der Waals surface area contributed by atoms with E-state index in [1.807, 2.05) is 0 Å². The predicted octanol–water partition coefficient (Wildman–Crippen LogP) is 2.14. The Kier molecular flexibility index (Phi) is 5.82. The Morgan fingerprint density at radius 3 is 2.62 bits per heavy atom. The first-order valence-electron chi connectivity index (χ1n) is 8.44. The number of hydrogen-bond donors (Lipinski definition) is 2. The highest BCUT2D eigenvalue weighted by Gasteiger charge is 2.17. The van der Waals surface area contributed by atoms with Crippen molar-refractivity contribution in [1.82, 2.24) is 20.1 Å². The van der Waals surface area contributed by atoms with Crippen molar-refractivity contribution in [1.29, 1.82) is 0 Å². The van der Waals surface area contributed by atoms with Crippen LogP contribution in [0.1, 0.15) is 10.5 Å². The first-order valence-corrected chi connectivity index (χ1v) is 8.44. The van der Waals surface area contributed by atoms with Gasteiger partial charge in [-0.3, -0.25) is 19.3 Å². The molecule has 0 aliphatic rings. The third-order valence-corrected chi connectivity index (χ3v) is 4.07. The van der Waals surface area contributed by atoms with Crippen LogP contribution in [0.4, 0.5) is 14.5 Å². The van der Waals surface area contributed by atoms with Crippen LogP contribution >= 0.6 is 0 Å². The van der Waals surface area contributed by atoms with Crippen molar-refractivity contribution in [2.24, 2.45) is 7.05 Å². The van der Waals surface area contributed by atoms with Crippen LogP contribution in [-0.4, -0.2) is 40.2 Å². The quantitative estimate of drug-likeness (QED) is 0.660. The van der Waals surface area contributed by atoms with E-state index in [4.69, 9.17) is 4.74 Å². The molecule has 150 valence electrons. The molecule has 1 aromatic carbocycles. The number of anilines is 1. The number of pyridine rings is 1. The van der Waals surface area contributed by atoms with Gasteiger partial charge in [0.2, 0.25) is 5.91 Å². The van der Waals surface area contributed by atoms with Crippen LogP contribution in [0.3, 0.4) is 0 Å². The van der Waals surface area contributed by atoms with Crippen LogP contribution in [0.2, 0.25) is 0 Å². The second-order valence-corrected chi connectivity index (χ2v) is 5.96. The molecule has 0 saturated carbocycles. The van der Waals surface area contributed by atoms with Gasteiger partial charge in [-0.15, -0.1) is 0 Å². The predicted molar refractivity (Wildman–Crippen MR) is 100 cm³/mol. The number of aromatic nitrogens is 3.